The van der Waals surface area contributed by atoms with Crippen LogP contribution in [0.5, 0.6) is 0 Å². The van der Waals surface area contributed by atoms with E-state index in [1.807, 2.05) is 6.92 Å². The lowest BCUT2D eigenvalue weighted by Crippen LogP contribution is -2.31. The first kappa shape index (κ1) is 10.4. The first-order valence-corrected chi connectivity index (χ1v) is 4.93. The number of rotatable bonds is 1. The predicted octanol–water partition coefficient (Wildman–Crippen LogP) is 1.88. The molecule has 1 saturated heterocycles. The summed E-state index contributed by atoms with van der Waals surface area (Å²) >= 11 is 17.4. The average molecular weight is 231 g/mol. The Morgan fingerprint density at radius 2 is 2.08 bits per heavy atom. The van der Waals surface area contributed by atoms with Gasteiger partial charge in [-0.05, 0) is 6.92 Å². The van der Waals surface area contributed by atoms with Gasteiger partial charge < -0.3 is 4.90 Å². The summed E-state index contributed by atoms with van der Waals surface area (Å²) < 4.78 is -1.34. The molecule has 0 unspecified atom stereocenters. The van der Waals surface area contributed by atoms with Gasteiger partial charge in [0.2, 0.25) is 4.33 Å². The third kappa shape index (κ3) is 1.30. The second-order valence-corrected chi connectivity index (χ2v) is 4.73. The number of carbonyl (C=O) groups excluding carboxylic acids is 1. The maximum atomic E-state index is 11.4. The van der Waals surface area contributed by atoms with Gasteiger partial charge in [0.25, 0.3) is 5.91 Å². The van der Waals surface area contributed by atoms with Gasteiger partial charge >= 0.3 is 0 Å². The van der Waals surface area contributed by atoms with Gasteiger partial charge in [0.15, 0.2) is 0 Å². The highest BCUT2D eigenvalue weighted by molar-refractivity contribution is 6.59. The number of halogens is 3. The lowest BCUT2D eigenvalue weighted by Gasteiger charge is -2.19. The van der Waals surface area contributed by atoms with E-state index in [0.717, 1.165) is 0 Å². The minimum Gasteiger partial charge on any atom is -0.340 e. The highest BCUT2D eigenvalue weighted by atomic mass is 35.5. The van der Waals surface area contributed by atoms with Gasteiger partial charge in [-0.25, -0.2) is 0 Å². The Labute approximate surface area is 86.8 Å². The molecule has 0 aromatic heterocycles. The molecule has 1 amide bonds. The molecule has 0 spiro atoms. The predicted molar refractivity (Wildman–Crippen MR) is 50.9 cm³/mol. The first-order chi connectivity index (χ1) is 5.42. The van der Waals surface area contributed by atoms with Crippen LogP contribution in [0, 0.1) is 5.92 Å². The molecule has 2 atom stereocenters. The van der Waals surface area contributed by atoms with Crippen LogP contribution in [-0.2, 0) is 4.79 Å². The lowest BCUT2D eigenvalue weighted by atomic mass is 10.0. The number of likely N-dealkylation sites (tertiary alicyclic amines) is 1. The summed E-state index contributed by atoms with van der Waals surface area (Å²) in [7, 11) is 1.68. The molecule has 0 bridgehead atoms. The molecule has 0 aliphatic carbocycles. The molecule has 12 heavy (non-hydrogen) atoms. The molecule has 0 saturated carbocycles. The molecule has 0 aromatic rings. The number of nitrogens with zero attached hydrogens (tertiary/aromatic N) is 1. The molecule has 0 radical (unpaired) electrons. The van der Waals surface area contributed by atoms with Crippen molar-refractivity contribution in [3.63, 3.8) is 0 Å². The zero-order chi connectivity index (χ0) is 9.52. The van der Waals surface area contributed by atoms with E-state index in [1.54, 1.807) is 7.05 Å². The van der Waals surface area contributed by atoms with Gasteiger partial charge in [-0.2, -0.15) is 0 Å². The van der Waals surface area contributed by atoms with Crippen molar-refractivity contribution in [3.05, 3.63) is 0 Å². The average Bonchev–Trinajstić information content (AvgIpc) is 2.13. The maximum absolute atomic E-state index is 11.4. The largest absolute Gasteiger partial charge is 0.340 e. The quantitative estimate of drug-likeness (QED) is 0.630. The number of carbonyl (C=O) groups is 1. The Morgan fingerprint density at radius 1 is 1.58 bits per heavy atom. The molecule has 0 aromatic carbocycles. The topological polar surface area (TPSA) is 20.3 Å². The standard InChI is InChI=1S/C7H10Cl3NO/c1-4-5(3-8)7(9,10)6(12)11(4)2/h4-5H,3H2,1-2H3/t4-,5+/m1/s1. The van der Waals surface area contributed by atoms with Gasteiger partial charge in [0, 0.05) is 24.9 Å². The molecule has 1 fully saturated rings. The Bertz CT molecular complexity index is 207. The van der Waals surface area contributed by atoms with Crippen LogP contribution in [0.3, 0.4) is 0 Å². The Morgan fingerprint density at radius 3 is 2.25 bits per heavy atom. The van der Waals surface area contributed by atoms with Crippen molar-refractivity contribution < 1.29 is 4.79 Å². The van der Waals surface area contributed by atoms with Crippen molar-refractivity contribution in [2.45, 2.75) is 17.3 Å². The zero-order valence-electron chi connectivity index (χ0n) is 6.85. The van der Waals surface area contributed by atoms with Crippen LogP contribution in [0.2, 0.25) is 0 Å². The molecule has 1 aliphatic rings. The minimum atomic E-state index is -1.34. The first-order valence-electron chi connectivity index (χ1n) is 3.64. The van der Waals surface area contributed by atoms with Crippen molar-refractivity contribution in [3.8, 4) is 0 Å². The molecule has 1 aliphatic heterocycles. The normalized spacial score (nSPS) is 34.4. The van der Waals surface area contributed by atoms with E-state index in [-0.39, 0.29) is 17.9 Å². The molecule has 1 rings (SSSR count). The van der Waals surface area contributed by atoms with E-state index in [1.165, 1.54) is 4.90 Å². The van der Waals surface area contributed by atoms with Crippen molar-refractivity contribution in [1.82, 2.24) is 4.90 Å². The fraction of sp³-hybridized carbons (Fsp3) is 0.857. The van der Waals surface area contributed by atoms with Crippen LogP contribution in [0.4, 0.5) is 0 Å². The van der Waals surface area contributed by atoms with E-state index in [2.05, 4.69) is 0 Å². The third-order valence-corrected chi connectivity index (χ3v) is 3.65. The summed E-state index contributed by atoms with van der Waals surface area (Å²) in [6.07, 6.45) is 0. The smallest absolute Gasteiger partial charge is 0.259 e. The number of hydrogen-bond acceptors (Lipinski definition) is 1. The van der Waals surface area contributed by atoms with E-state index >= 15 is 0 Å². The van der Waals surface area contributed by atoms with Gasteiger partial charge in [-0.1, -0.05) is 23.2 Å². The summed E-state index contributed by atoms with van der Waals surface area (Å²) in [5.41, 5.74) is 0. The monoisotopic (exact) mass is 229 g/mol. The van der Waals surface area contributed by atoms with E-state index in [9.17, 15) is 4.79 Å². The van der Waals surface area contributed by atoms with Crippen LogP contribution in [0.25, 0.3) is 0 Å². The Hall–Kier alpha value is 0.340. The summed E-state index contributed by atoms with van der Waals surface area (Å²) in [6.45, 7) is 1.89. The molecule has 70 valence electrons. The van der Waals surface area contributed by atoms with Crippen molar-refractivity contribution in [2.24, 2.45) is 5.92 Å². The molecular weight excluding hydrogens is 220 g/mol. The van der Waals surface area contributed by atoms with E-state index in [4.69, 9.17) is 34.8 Å². The summed E-state index contributed by atoms with van der Waals surface area (Å²) in [5.74, 6) is -0.159. The fourth-order valence-electron chi connectivity index (χ4n) is 1.38. The third-order valence-electron chi connectivity index (χ3n) is 2.43. The van der Waals surface area contributed by atoms with Gasteiger partial charge in [-0.15, -0.1) is 11.6 Å². The summed E-state index contributed by atoms with van der Waals surface area (Å²) in [4.78, 5) is 12.9. The van der Waals surface area contributed by atoms with Crippen LogP contribution in [-0.4, -0.2) is 34.1 Å². The lowest BCUT2D eigenvalue weighted by molar-refractivity contribution is -0.128. The van der Waals surface area contributed by atoms with Gasteiger partial charge in [-0.3, -0.25) is 4.79 Å². The second kappa shape index (κ2) is 3.24. The molecular formula is C7H10Cl3NO. The van der Waals surface area contributed by atoms with E-state index < -0.39 is 4.33 Å². The Balaban J connectivity index is 2.96. The molecule has 5 heteroatoms. The van der Waals surface area contributed by atoms with Crippen LogP contribution >= 0.6 is 34.8 Å². The maximum Gasteiger partial charge on any atom is 0.259 e. The van der Waals surface area contributed by atoms with Crippen molar-refractivity contribution in [1.29, 1.82) is 0 Å². The second-order valence-electron chi connectivity index (χ2n) is 3.04. The van der Waals surface area contributed by atoms with E-state index in [0.29, 0.717) is 5.88 Å². The fourth-order valence-corrected chi connectivity index (χ4v) is 2.81. The minimum absolute atomic E-state index is 0.00463. The number of amides is 1. The Kier molecular flexibility index (Phi) is 2.81. The number of alkyl halides is 3. The van der Waals surface area contributed by atoms with Gasteiger partial charge in [0.05, 0.1) is 0 Å². The van der Waals surface area contributed by atoms with Crippen LogP contribution in [0.15, 0.2) is 0 Å². The number of hydrogen-bond donors (Lipinski definition) is 0. The summed E-state index contributed by atoms with van der Waals surface area (Å²) in [5, 5.41) is 0. The molecule has 0 N–H and O–H groups in total. The summed E-state index contributed by atoms with van der Waals surface area (Å²) in [6, 6.07) is 0.00463. The highest BCUT2D eigenvalue weighted by Crippen LogP contribution is 2.42. The highest BCUT2D eigenvalue weighted by Gasteiger charge is 2.54. The van der Waals surface area contributed by atoms with Crippen LogP contribution in [0.1, 0.15) is 6.92 Å². The van der Waals surface area contributed by atoms with Gasteiger partial charge in [0.1, 0.15) is 0 Å². The van der Waals surface area contributed by atoms with Crippen molar-refractivity contribution in [2.75, 3.05) is 12.9 Å². The van der Waals surface area contributed by atoms with Crippen molar-refractivity contribution >= 4 is 40.7 Å². The zero-order valence-corrected chi connectivity index (χ0v) is 9.12. The SMILES string of the molecule is C[C@@H]1[C@H](CCl)C(Cl)(Cl)C(=O)N1C. The molecule has 2 nitrogen and oxygen atoms in total. The van der Waals surface area contributed by atoms with Crippen LogP contribution < -0.4 is 0 Å². The molecule has 1 heterocycles.